The zero-order valence-electron chi connectivity index (χ0n) is 9.62. The van der Waals surface area contributed by atoms with Crippen molar-refractivity contribution in [2.45, 2.75) is 13.8 Å². The summed E-state index contributed by atoms with van der Waals surface area (Å²) in [6, 6.07) is 12.0. The molecule has 0 aliphatic heterocycles. The van der Waals surface area contributed by atoms with Gasteiger partial charge in [-0.25, -0.2) is 0 Å². The molecule has 0 bridgehead atoms. The molecule has 82 valence electrons. The Morgan fingerprint density at radius 1 is 0.688 bits per heavy atom. The molecule has 0 amide bonds. The Kier molecular flexibility index (Phi) is 2.57. The van der Waals surface area contributed by atoms with E-state index in [0.29, 0.717) is 0 Å². The van der Waals surface area contributed by atoms with Crippen molar-refractivity contribution >= 4 is 11.4 Å². The molecule has 0 saturated heterocycles. The van der Waals surface area contributed by atoms with E-state index >= 15 is 0 Å². The van der Waals surface area contributed by atoms with Crippen LogP contribution >= 0.6 is 0 Å². The third kappa shape index (κ3) is 1.87. The molecule has 0 fully saturated rings. The van der Waals surface area contributed by atoms with Crippen molar-refractivity contribution in [1.29, 1.82) is 0 Å². The van der Waals surface area contributed by atoms with Crippen molar-refractivity contribution in [3.05, 3.63) is 47.5 Å². The van der Waals surface area contributed by atoms with Crippen LogP contribution in [0.2, 0.25) is 0 Å². The summed E-state index contributed by atoms with van der Waals surface area (Å²) < 4.78 is 0. The van der Waals surface area contributed by atoms with Crippen LogP contribution < -0.4 is 11.5 Å². The van der Waals surface area contributed by atoms with Crippen LogP contribution in [0.3, 0.4) is 0 Å². The van der Waals surface area contributed by atoms with E-state index in [1.807, 2.05) is 24.3 Å². The van der Waals surface area contributed by atoms with Crippen molar-refractivity contribution in [2.75, 3.05) is 11.5 Å². The third-order valence-corrected chi connectivity index (χ3v) is 2.71. The van der Waals surface area contributed by atoms with Gasteiger partial charge in [-0.2, -0.15) is 0 Å². The Morgan fingerprint density at radius 2 is 1.06 bits per heavy atom. The first-order valence-corrected chi connectivity index (χ1v) is 5.30. The monoisotopic (exact) mass is 212 g/mol. The maximum Gasteiger partial charge on any atom is 0.0394 e. The van der Waals surface area contributed by atoms with Crippen LogP contribution in [0.1, 0.15) is 11.1 Å². The average molecular weight is 212 g/mol. The minimum atomic E-state index is 0.767. The first-order chi connectivity index (χ1) is 7.58. The molecule has 0 heterocycles. The molecular formula is C14H16N2. The van der Waals surface area contributed by atoms with Gasteiger partial charge in [-0.15, -0.1) is 0 Å². The van der Waals surface area contributed by atoms with Gasteiger partial charge in [0.1, 0.15) is 0 Å². The predicted octanol–water partition coefficient (Wildman–Crippen LogP) is 3.13. The topological polar surface area (TPSA) is 52.0 Å². The van der Waals surface area contributed by atoms with Crippen molar-refractivity contribution in [2.24, 2.45) is 0 Å². The molecule has 0 unspecified atom stereocenters. The molecule has 2 aromatic carbocycles. The highest BCUT2D eigenvalue weighted by Gasteiger charge is 2.06. The number of anilines is 2. The number of nitrogen functional groups attached to an aromatic ring is 2. The molecule has 2 rings (SSSR count). The lowest BCUT2D eigenvalue weighted by atomic mass is 9.98. The molecule has 2 nitrogen and oxygen atoms in total. The molecule has 0 atom stereocenters. The molecule has 16 heavy (non-hydrogen) atoms. The quantitative estimate of drug-likeness (QED) is 0.713. The van der Waals surface area contributed by atoms with Gasteiger partial charge < -0.3 is 11.5 Å². The van der Waals surface area contributed by atoms with Crippen LogP contribution in [0.5, 0.6) is 0 Å². The lowest BCUT2D eigenvalue weighted by Crippen LogP contribution is -1.95. The van der Waals surface area contributed by atoms with Gasteiger partial charge in [0.15, 0.2) is 0 Å². The summed E-state index contributed by atoms with van der Waals surface area (Å²) in [5.74, 6) is 0. The SMILES string of the molecule is Cc1ccc(N)c(-c2cc(C)ccc2N)c1. The third-order valence-electron chi connectivity index (χ3n) is 2.71. The van der Waals surface area contributed by atoms with Crippen molar-refractivity contribution < 1.29 is 0 Å². The Bertz CT molecular complexity index is 481. The normalized spacial score (nSPS) is 10.4. The zero-order valence-corrected chi connectivity index (χ0v) is 9.62. The highest BCUT2D eigenvalue weighted by Crippen LogP contribution is 2.31. The number of benzene rings is 2. The van der Waals surface area contributed by atoms with Gasteiger partial charge in [-0.05, 0) is 38.1 Å². The fourth-order valence-corrected chi connectivity index (χ4v) is 1.81. The maximum atomic E-state index is 5.98. The van der Waals surface area contributed by atoms with Gasteiger partial charge in [0.2, 0.25) is 0 Å². The molecule has 4 N–H and O–H groups in total. The Hall–Kier alpha value is -1.96. The van der Waals surface area contributed by atoms with E-state index in [4.69, 9.17) is 11.5 Å². The zero-order chi connectivity index (χ0) is 11.7. The van der Waals surface area contributed by atoms with Gasteiger partial charge in [0.25, 0.3) is 0 Å². The van der Waals surface area contributed by atoms with Crippen molar-refractivity contribution in [1.82, 2.24) is 0 Å². The molecule has 2 heteroatoms. The lowest BCUT2D eigenvalue weighted by molar-refractivity contribution is 1.44. The van der Waals surface area contributed by atoms with Crippen LogP contribution in [0, 0.1) is 13.8 Å². The van der Waals surface area contributed by atoms with E-state index in [1.165, 1.54) is 11.1 Å². The van der Waals surface area contributed by atoms with Crippen LogP contribution in [0.4, 0.5) is 11.4 Å². The fraction of sp³-hybridized carbons (Fsp3) is 0.143. The summed E-state index contributed by atoms with van der Waals surface area (Å²) in [6.45, 7) is 4.10. The summed E-state index contributed by atoms with van der Waals surface area (Å²) in [5, 5.41) is 0. The van der Waals surface area contributed by atoms with Crippen LogP contribution in [0.25, 0.3) is 11.1 Å². The highest BCUT2D eigenvalue weighted by molar-refractivity contribution is 5.84. The Balaban J connectivity index is 2.66. The number of aryl methyl sites for hydroxylation is 2. The second-order valence-electron chi connectivity index (χ2n) is 4.18. The average Bonchev–Trinajstić information content (AvgIpc) is 2.25. The molecule has 0 aromatic heterocycles. The van der Waals surface area contributed by atoms with Gasteiger partial charge in [0.05, 0.1) is 0 Å². The van der Waals surface area contributed by atoms with Crippen LogP contribution in [0.15, 0.2) is 36.4 Å². The smallest absolute Gasteiger partial charge is 0.0394 e. The van der Waals surface area contributed by atoms with E-state index in [0.717, 1.165) is 22.5 Å². The number of rotatable bonds is 1. The van der Waals surface area contributed by atoms with E-state index in [9.17, 15) is 0 Å². The first kappa shape index (κ1) is 10.6. The van der Waals surface area contributed by atoms with E-state index in [2.05, 4.69) is 26.0 Å². The molecule has 0 radical (unpaired) electrons. The largest absolute Gasteiger partial charge is 0.398 e. The van der Waals surface area contributed by atoms with E-state index in [-0.39, 0.29) is 0 Å². The fourth-order valence-electron chi connectivity index (χ4n) is 1.81. The van der Waals surface area contributed by atoms with E-state index in [1.54, 1.807) is 0 Å². The summed E-state index contributed by atoms with van der Waals surface area (Å²) in [5.41, 5.74) is 17.9. The number of hydrogen-bond donors (Lipinski definition) is 2. The minimum Gasteiger partial charge on any atom is -0.398 e. The first-order valence-electron chi connectivity index (χ1n) is 5.30. The summed E-state index contributed by atoms with van der Waals surface area (Å²) in [6.07, 6.45) is 0. The molecule has 0 saturated carbocycles. The minimum absolute atomic E-state index is 0.767. The van der Waals surface area contributed by atoms with Gasteiger partial charge in [-0.3, -0.25) is 0 Å². The lowest BCUT2D eigenvalue weighted by Gasteiger charge is -2.10. The highest BCUT2D eigenvalue weighted by atomic mass is 14.6. The predicted molar refractivity (Wildman–Crippen MR) is 70.2 cm³/mol. The van der Waals surface area contributed by atoms with Crippen molar-refractivity contribution in [3.8, 4) is 11.1 Å². The molecule has 2 aromatic rings. The molecule has 0 aliphatic rings. The molecule has 0 aliphatic carbocycles. The summed E-state index contributed by atoms with van der Waals surface area (Å²) in [4.78, 5) is 0. The standard InChI is InChI=1S/C14H16N2/c1-9-3-5-13(15)11(7-9)12-8-10(2)4-6-14(12)16/h3-8H,15-16H2,1-2H3. The maximum absolute atomic E-state index is 5.98. The second-order valence-corrected chi connectivity index (χ2v) is 4.18. The summed E-state index contributed by atoms with van der Waals surface area (Å²) >= 11 is 0. The van der Waals surface area contributed by atoms with Crippen LogP contribution in [-0.4, -0.2) is 0 Å². The van der Waals surface area contributed by atoms with Crippen molar-refractivity contribution in [3.63, 3.8) is 0 Å². The van der Waals surface area contributed by atoms with Gasteiger partial charge in [-0.1, -0.05) is 23.3 Å². The molecular weight excluding hydrogens is 196 g/mol. The summed E-state index contributed by atoms with van der Waals surface area (Å²) in [7, 11) is 0. The Labute approximate surface area is 95.9 Å². The Morgan fingerprint density at radius 3 is 1.44 bits per heavy atom. The van der Waals surface area contributed by atoms with Gasteiger partial charge in [0, 0.05) is 22.5 Å². The number of hydrogen-bond acceptors (Lipinski definition) is 2. The van der Waals surface area contributed by atoms with Crippen LogP contribution in [-0.2, 0) is 0 Å². The molecule has 0 spiro atoms. The second kappa shape index (κ2) is 3.89. The number of nitrogens with two attached hydrogens (primary N) is 2. The van der Waals surface area contributed by atoms with E-state index < -0.39 is 0 Å². The van der Waals surface area contributed by atoms with Gasteiger partial charge >= 0.3 is 0 Å².